The average Bonchev–Trinajstić information content (AvgIpc) is 3.15. The fraction of sp³-hybridized carbons (Fsp3) is 0.650. The minimum atomic E-state index is 0.205. The van der Waals surface area contributed by atoms with Gasteiger partial charge in [-0.05, 0) is 50.9 Å². The average molecular weight is 345 g/mol. The molecule has 1 aromatic carbocycles. The number of nitrogens with zero attached hydrogens (tertiary/aromatic N) is 2. The van der Waals surface area contributed by atoms with E-state index in [2.05, 4.69) is 50.8 Å². The third-order valence-electron chi connectivity index (χ3n) is 5.31. The van der Waals surface area contributed by atoms with Crippen molar-refractivity contribution in [1.82, 2.24) is 15.5 Å². The monoisotopic (exact) mass is 344 g/mol. The van der Waals surface area contributed by atoms with Crippen LogP contribution in [0.15, 0.2) is 30.3 Å². The van der Waals surface area contributed by atoms with Crippen molar-refractivity contribution in [3.63, 3.8) is 0 Å². The molecular formula is C20H32N4O. The number of hydrogen-bond donors (Lipinski definition) is 2. The maximum Gasteiger partial charge on any atom is 0.221 e. The molecule has 0 aliphatic carbocycles. The van der Waals surface area contributed by atoms with Crippen molar-refractivity contribution >= 4 is 11.6 Å². The standard InChI is InChI=1S/C20H32N4O/c25-20(17-18-7-6-11-21-18)22-10-4-5-12-23-13-15-24(16-14-23)19-8-2-1-3-9-19/h1-3,8-9,18,21H,4-7,10-17H2,(H,22,25). The summed E-state index contributed by atoms with van der Waals surface area (Å²) in [5, 5.41) is 6.45. The predicted molar refractivity (Wildman–Crippen MR) is 103 cm³/mol. The van der Waals surface area contributed by atoms with Gasteiger partial charge in [-0.15, -0.1) is 0 Å². The molecule has 0 saturated carbocycles. The number of carbonyl (C=O) groups is 1. The van der Waals surface area contributed by atoms with Gasteiger partial charge in [-0.2, -0.15) is 0 Å². The summed E-state index contributed by atoms with van der Waals surface area (Å²) in [5.41, 5.74) is 1.33. The van der Waals surface area contributed by atoms with Crippen LogP contribution in [-0.2, 0) is 4.79 Å². The Morgan fingerprint density at radius 1 is 1.12 bits per heavy atom. The summed E-state index contributed by atoms with van der Waals surface area (Å²) >= 11 is 0. The van der Waals surface area contributed by atoms with Gasteiger partial charge in [-0.1, -0.05) is 18.2 Å². The Morgan fingerprint density at radius 2 is 1.92 bits per heavy atom. The zero-order valence-electron chi connectivity index (χ0n) is 15.3. The Labute approximate surface area is 151 Å². The number of nitrogens with one attached hydrogen (secondary N) is 2. The molecule has 0 bridgehead atoms. The number of anilines is 1. The van der Waals surface area contributed by atoms with Gasteiger partial charge in [0, 0.05) is 50.9 Å². The van der Waals surface area contributed by atoms with Gasteiger partial charge in [0.2, 0.25) is 5.91 Å². The van der Waals surface area contributed by atoms with Gasteiger partial charge in [-0.25, -0.2) is 0 Å². The second kappa shape index (κ2) is 9.78. The van der Waals surface area contributed by atoms with Gasteiger partial charge in [-0.3, -0.25) is 9.69 Å². The van der Waals surface area contributed by atoms with Crippen molar-refractivity contribution < 1.29 is 4.79 Å². The molecular weight excluding hydrogens is 312 g/mol. The second-order valence-electron chi connectivity index (χ2n) is 7.22. The van der Waals surface area contributed by atoms with E-state index in [4.69, 9.17) is 0 Å². The molecule has 25 heavy (non-hydrogen) atoms. The molecule has 2 N–H and O–H groups in total. The van der Waals surface area contributed by atoms with Gasteiger partial charge >= 0.3 is 0 Å². The Hall–Kier alpha value is -1.59. The number of piperazine rings is 1. The van der Waals surface area contributed by atoms with Crippen LogP contribution < -0.4 is 15.5 Å². The highest BCUT2D eigenvalue weighted by Gasteiger charge is 2.18. The number of benzene rings is 1. The van der Waals surface area contributed by atoms with Gasteiger partial charge < -0.3 is 15.5 Å². The first kappa shape index (κ1) is 18.2. The zero-order valence-corrected chi connectivity index (χ0v) is 15.3. The van der Waals surface area contributed by atoms with Crippen LogP contribution in [0, 0.1) is 0 Å². The van der Waals surface area contributed by atoms with Crippen LogP contribution >= 0.6 is 0 Å². The molecule has 138 valence electrons. The fourth-order valence-corrected chi connectivity index (χ4v) is 3.78. The molecule has 1 atom stereocenters. The minimum Gasteiger partial charge on any atom is -0.369 e. The summed E-state index contributed by atoms with van der Waals surface area (Å²) in [4.78, 5) is 16.9. The van der Waals surface area contributed by atoms with Crippen LogP contribution in [0.2, 0.25) is 0 Å². The molecule has 1 unspecified atom stereocenters. The normalized spacial score (nSPS) is 21.4. The summed E-state index contributed by atoms with van der Waals surface area (Å²) in [5.74, 6) is 0.205. The van der Waals surface area contributed by atoms with E-state index in [0.717, 1.165) is 65.1 Å². The summed E-state index contributed by atoms with van der Waals surface area (Å²) in [6, 6.07) is 11.1. The maximum atomic E-state index is 11.9. The first-order chi connectivity index (χ1) is 12.3. The Morgan fingerprint density at radius 3 is 2.64 bits per heavy atom. The predicted octanol–water partition coefficient (Wildman–Crippen LogP) is 1.85. The molecule has 2 saturated heterocycles. The molecule has 1 amide bonds. The minimum absolute atomic E-state index is 0.205. The summed E-state index contributed by atoms with van der Waals surface area (Å²) < 4.78 is 0. The van der Waals surface area contributed by atoms with E-state index in [1.807, 2.05) is 0 Å². The lowest BCUT2D eigenvalue weighted by Crippen LogP contribution is -2.46. The van der Waals surface area contributed by atoms with Crippen LogP contribution in [-0.4, -0.2) is 62.7 Å². The van der Waals surface area contributed by atoms with Gasteiger partial charge in [0.25, 0.3) is 0 Å². The van der Waals surface area contributed by atoms with Crippen molar-refractivity contribution in [2.24, 2.45) is 0 Å². The Kier molecular flexibility index (Phi) is 7.12. The van der Waals surface area contributed by atoms with E-state index in [9.17, 15) is 4.79 Å². The van der Waals surface area contributed by atoms with Gasteiger partial charge in [0.05, 0.1) is 0 Å². The Bertz CT molecular complexity index is 508. The topological polar surface area (TPSA) is 47.6 Å². The van der Waals surface area contributed by atoms with Gasteiger partial charge in [0.15, 0.2) is 0 Å². The molecule has 0 radical (unpaired) electrons. The number of amides is 1. The quantitative estimate of drug-likeness (QED) is 0.707. The summed E-state index contributed by atoms with van der Waals surface area (Å²) in [7, 11) is 0. The second-order valence-corrected chi connectivity index (χ2v) is 7.22. The van der Waals surface area contributed by atoms with E-state index >= 15 is 0 Å². The van der Waals surface area contributed by atoms with Crippen LogP contribution in [0.25, 0.3) is 0 Å². The molecule has 2 heterocycles. The number of para-hydroxylation sites is 1. The summed E-state index contributed by atoms with van der Waals surface area (Å²) in [6.45, 7) is 7.50. The largest absolute Gasteiger partial charge is 0.369 e. The molecule has 0 aromatic heterocycles. The highest BCUT2D eigenvalue weighted by atomic mass is 16.1. The number of unbranched alkanes of at least 4 members (excludes halogenated alkanes) is 1. The van der Waals surface area contributed by atoms with Gasteiger partial charge in [0.1, 0.15) is 0 Å². The first-order valence-corrected chi connectivity index (χ1v) is 9.84. The number of rotatable bonds is 8. The molecule has 3 rings (SSSR count). The third kappa shape index (κ3) is 6.01. The molecule has 1 aromatic rings. The SMILES string of the molecule is O=C(CC1CCCN1)NCCCCN1CCN(c2ccccc2)CC1. The molecule has 5 nitrogen and oxygen atoms in total. The molecule has 2 fully saturated rings. The first-order valence-electron chi connectivity index (χ1n) is 9.84. The highest BCUT2D eigenvalue weighted by Crippen LogP contribution is 2.15. The fourth-order valence-electron chi connectivity index (χ4n) is 3.78. The zero-order chi connectivity index (χ0) is 17.3. The lowest BCUT2D eigenvalue weighted by molar-refractivity contribution is -0.121. The smallest absolute Gasteiger partial charge is 0.221 e. The van der Waals surface area contributed by atoms with E-state index in [1.54, 1.807) is 0 Å². The van der Waals surface area contributed by atoms with E-state index in [-0.39, 0.29) is 5.91 Å². The lowest BCUT2D eigenvalue weighted by Gasteiger charge is -2.36. The van der Waals surface area contributed by atoms with Crippen LogP contribution in [0.3, 0.4) is 0 Å². The molecule has 5 heteroatoms. The number of hydrogen-bond acceptors (Lipinski definition) is 4. The highest BCUT2D eigenvalue weighted by molar-refractivity contribution is 5.76. The third-order valence-corrected chi connectivity index (χ3v) is 5.31. The number of carbonyl (C=O) groups excluding carboxylic acids is 1. The van der Waals surface area contributed by atoms with E-state index < -0.39 is 0 Å². The molecule has 2 aliphatic heterocycles. The van der Waals surface area contributed by atoms with Crippen molar-refractivity contribution in [3.05, 3.63) is 30.3 Å². The van der Waals surface area contributed by atoms with Crippen molar-refractivity contribution in [2.75, 3.05) is 50.7 Å². The van der Waals surface area contributed by atoms with E-state index in [1.165, 1.54) is 12.1 Å². The van der Waals surface area contributed by atoms with Crippen molar-refractivity contribution in [2.45, 2.75) is 38.1 Å². The molecule has 0 spiro atoms. The van der Waals surface area contributed by atoms with Crippen molar-refractivity contribution in [1.29, 1.82) is 0 Å². The summed E-state index contributed by atoms with van der Waals surface area (Å²) in [6.07, 6.45) is 5.22. The molecule has 2 aliphatic rings. The van der Waals surface area contributed by atoms with Crippen LogP contribution in [0.1, 0.15) is 32.1 Å². The maximum absolute atomic E-state index is 11.9. The van der Waals surface area contributed by atoms with E-state index in [0.29, 0.717) is 12.5 Å². The van der Waals surface area contributed by atoms with Crippen molar-refractivity contribution in [3.8, 4) is 0 Å². The van der Waals surface area contributed by atoms with Crippen LogP contribution in [0.5, 0.6) is 0 Å². The van der Waals surface area contributed by atoms with Crippen LogP contribution in [0.4, 0.5) is 5.69 Å². The lowest BCUT2D eigenvalue weighted by atomic mass is 10.1. The Balaban J connectivity index is 1.22.